The lowest BCUT2D eigenvalue weighted by atomic mass is 10.2. The molecule has 1 heterocycles. The number of para-hydroxylation sites is 1. The summed E-state index contributed by atoms with van der Waals surface area (Å²) in [5.74, 6) is 0.726. The minimum Gasteiger partial charge on any atom is -0.355 e. The van der Waals surface area contributed by atoms with E-state index in [0.29, 0.717) is 10.8 Å². The van der Waals surface area contributed by atoms with Crippen molar-refractivity contribution in [2.24, 2.45) is 0 Å². The molecule has 0 fully saturated rings. The number of nitrogens with zero attached hydrogens (tertiary/aromatic N) is 2. The van der Waals surface area contributed by atoms with Crippen LogP contribution in [-0.4, -0.2) is 28.0 Å². The Morgan fingerprint density at radius 3 is 3.12 bits per heavy atom. The number of rotatable bonds is 4. The molecule has 0 saturated carbocycles. The fourth-order valence-corrected chi connectivity index (χ4v) is 1.78. The van der Waals surface area contributed by atoms with Crippen LogP contribution in [0.4, 0.5) is 5.95 Å². The van der Waals surface area contributed by atoms with E-state index in [-0.39, 0.29) is 0 Å². The molecule has 1 aromatic heterocycles. The van der Waals surface area contributed by atoms with E-state index < -0.39 is 0 Å². The number of anilines is 1. The molecule has 0 saturated heterocycles. The number of hydrogen-bond acceptors (Lipinski definition) is 4. The third-order valence-corrected chi connectivity index (χ3v) is 3.56. The van der Waals surface area contributed by atoms with Gasteiger partial charge in [0.2, 0.25) is 5.95 Å². The first-order valence-corrected chi connectivity index (χ1v) is 6.69. The van der Waals surface area contributed by atoms with Crippen molar-refractivity contribution in [1.29, 1.82) is 5.26 Å². The fraction of sp³-hybridized carbons (Fsp3) is 0.333. The zero-order valence-electron chi connectivity index (χ0n) is 9.82. The van der Waals surface area contributed by atoms with Gasteiger partial charge in [0.1, 0.15) is 11.6 Å². The van der Waals surface area contributed by atoms with E-state index in [1.165, 1.54) is 0 Å². The summed E-state index contributed by atoms with van der Waals surface area (Å²) in [7, 11) is 0. The van der Waals surface area contributed by atoms with Crippen LogP contribution in [0.25, 0.3) is 11.0 Å². The van der Waals surface area contributed by atoms with Gasteiger partial charge in [0, 0.05) is 11.8 Å². The molecular weight excluding hydrogens is 232 g/mol. The third kappa shape index (κ3) is 2.53. The molecule has 1 atom stereocenters. The van der Waals surface area contributed by atoms with Crippen molar-refractivity contribution >= 4 is 28.7 Å². The maximum Gasteiger partial charge on any atom is 0.201 e. The number of imidazole rings is 1. The van der Waals surface area contributed by atoms with Crippen molar-refractivity contribution in [3.63, 3.8) is 0 Å². The molecule has 4 nitrogen and oxygen atoms in total. The predicted octanol–water partition coefficient (Wildman–Crippen LogP) is 2.60. The lowest BCUT2D eigenvalue weighted by Crippen LogP contribution is -2.13. The lowest BCUT2D eigenvalue weighted by molar-refractivity contribution is 0.985. The highest BCUT2D eigenvalue weighted by Gasteiger charge is 2.07. The van der Waals surface area contributed by atoms with E-state index in [1.807, 2.05) is 12.1 Å². The molecule has 2 rings (SSSR count). The zero-order valence-corrected chi connectivity index (χ0v) is 10.6. The Morgan fingerprint density at radius 1 is 1.59 bits per heavy atom. The van der Waals surface area contributed by atoms with E-state index >= 15 is 0 Å². The molecule has 0 aliphatic rings. The average molecular weight is 246 g/mol. The van der Waals surface area contributed by atoms with Gasteiger partial charge in [-0.1, -0.05) is 13.0 Å². The summed E-state index contributed by atoms with van der Waals surface area (Å²) in [6.07, 6.45) is 2.08. The van der Waals surface area contributed by atoms with Gasteiger partial charge >= 0.3 is 0 Å². The second-order valence-electron chi connectivity index (χ2n) is 3.83. The molecule has 5 heteroatoms. The molecule has 17 heavy (non-hydrogen) atoms. The fourth-order valence-electron chi connectivity index (χ4n) is 1.53. The molecule has 2 aromatic rings. The Morgan fingerprint density at radius 2 is 2.41 bits per heavy atom. The number of aromatic amines is 1. The quantitative estimate of drug-likeness (QED) is 0.870. The van der Waals surface area contributed by atoms with Gasteiger partial charge in [0.25, 0.3) is 0 Å². The highest BCUT2D eigenvalue weighted by atomic mass is 32.2. The number of hydrogen-bond donors (Lipinski definition) is 2. The van der Waals surface area contributed by atoms with Gasteiger partial charge in [-0.05, 0) is 18.4 Å². The van der Waals surface area contributed by atoms with Crippen LogP contribution >= 0.6 is 11.8 Å². The van der Waals surface area contributed by atoms with Gasteiger partial charge in [-0.3, -0.25) is 0 Å². The molecule has 1 unspecified atom stereocenters. The van der Waals surface area contributed by atoms with Gasteiger partial charge in [0.15, 0.2) is 0 Å². The number of H-pyrrole nitrogens is 1. The Labute approximate surface area is 104 Å². The molecule has 1 aromatic carbocycles. The molecule has 0 spiro atoms. The minimum absolute atomic E-state index is 0.527. The van der Waals surface area contributed by atoms with E-state index in [2.05, 4.69) is 34.5 Å². The highest BCUT2D eigenvalue weighted by molar-refractivity contribution is 7.99. The standard InChI is InChI=1S/C12H14N4S/c1-8(17-2)7-14-12-15-10-5-3-4-9(6-13)11(10)16-12/h3-5,8H,7H2,1-2H3,(H2,14,15,16). The molecule has 0 bridgehead atoms. The van der Waals surface area contributed by atoms with Crippen molar-refractivity contribution in [3.05, 3.63) is 23.8 Å². The second-order valence-corrected chi connectivity index (χ2v) is 5.10. The van der Waals surface area contributed by atoms with Gasteiger partial charge in [-0.15, -0.1) is 0 Å². The molecular formula is C12H14N4S. The van der Waals surface area contributed by atoms with Crippen LogP contribution in [0.5, 0.6) is 0 Å². The first-order valence-electron chi connectivity index (χ1n) is 5.40. The second kappa shape index (κ2) is 5.11. The van der Waals surface area contributed by atoms with Gasteiger partial charge in [0.05, 0.1) is 11.1 Å². The smallest absolute Gasteiger partial charge is 0.201 e. The topological polar surface area (TPSA) is 64.5 Å². The first-order chi connectivity index (χ1) is 8.24. The molecule has 0 radical (unpaired) electrons. The van der Waals surface area contributed by atoms with Crippen molar-refractivity contribution in [1.82, 2.24) is 9.97 Å². The van der Waals surface area contributed by atoms with Crippen LogP contribution in [0, 0.1) is 11.3 Å². The summed E-state index contributed by atoms with van der Waals surface area (Å²) in [6, 6.07) is 7.70. The number of fused-ring (bicyclic) bond motifs is 1. The summed E-state index contributed by atoms with van der Waals surface area (Å²) in [5, 5.41) is 12.7. The van der Waals surface area contributed by atoms with Crippen LogP contribution in [0.15, 0.2) is 18.2 Å². The number of benzene rings is 1. The summed E-state index contributed by atoms with van der Waals surface area (Å²) in [4.78, 5) is 7.56. The van der Waals surface area contributed by atoms with Crippen LogP contribution in [-0.2, 0) is 0 Å². The van der Waals surface area contributed by atoms with Crippen LogP contribution in [0.2, 0.25) is 0 Å². The summed E-state index contributed by atoms with van der Waals surface area (Å²) in [5.41, 5.74) is 2.22. The predicted molar refractivity (Wildman–Crippen MR) is 72.3 cm³/mol. The van der Waals surface area contributed by atoms with Gasteiger partial charge < -0.3 is 10.3 Å². The molecule has 0 amide bonds. The van der Waals surface area contributed by atoms with Gasteiger partial charge in [-0.25, -0.2) is 4.98 Å². The zero-order chi connectivity index (χ0) is 12.3. The Hall–Kier alpha value is -1.67. The number of nitrogens with one attached hydrogen (secondary N) is 2. The molecule has 0 aliphatic carbocycles. The van der Waals surface area contributed by atoms with E-state index in [1.54, 1.807) is 17.8 Å². The molecule has 2 N–H and O–H groups in total. The van der Waals surface area contributed by atoms with Crippen LogP contribution in [0.3, 0.4) is 0 Å². The minimum atomic E-state index is 0.527. The Bertz CT molecular complexity index is 555. The molecule has 0 aliphatic heterocycles. The maximum atomic E-state index is 8.97. The Kier molecular flexibility index (Phi) is 3.55. The van der Waals surface area contributed by atoms with Crippen molar-refractivity contribution in [3.8, 4) is 6.07 Å². The van der Waals surface area contributed by atoms with Crippen LogP contribution in [0.1, 0.15) is 12.5 Å². The van der Waals surface area contributed by atoms with Crippen molar-refractivity contribution < 1.29 is 0 Å². The van der Waals surface area contributed by atoms with E-state index in [9.17, 15) is 0 Å². The lowest BCUT2D eigenvalue weighted by Gasteiger charge is -2.07. The van der Waals surface area contributed by atoms with Crippen molar-refractivity contribution in [2.75, 3.05) is 18.1 Å². The Balaban J connectivity index is 2.23. The van der Waals surface area contributed by atoms with Crippen LogP contribution < -0.4 is 5.32 Å². The highest BCUT2D eigenvalue weighted by Crippen LogP contribution is 2.18. The molecule has 88 valence electrons. The summed E-state index contributed by atoms with van der Waals surface area (Å²) in [6.45, 7) is 3.00. The van der Waals surface area contributed by atoms with Crippen molar-refractivity contribution in [2.45, 2.75) is 12.2 Å². The number of nitriles is 1. The average Bonchev–Trinajstić information content (AvgIpc) is 2.78. The van der Waals surface area contributed by atoms with E-state index in [0.717, 1.165) is 23.5 Å². The summed E-state index contributed by atoms with van der Waals surface area (Å²) < 4.78 is 0. The van der Waals surface area contributed by atoms with Gasteiger partial charge in [-0.2, -0.15) is 17.0 Å². The monoisotopic (exact) mass is 246 g/mol. The first kappa shape index (κ1) is 11.8. The maximum absolute atomic E-state index is 8.97. The normalized spacial score (nSPS) is 12.3. The van der Waals surface area contributed by atoms with E-state index in [4.69, 9.17) is 5.26 Å². The largest absolute Gasteiger partial charge is 0.355 e. The number of aromatic nitrogens is 2. The summed E-state index contributed by atoms with van der Waals surface area (Å²) >= 11 is 1.80. The SMILES string of the molecule is CSC(C)CNc1nc2c(C#N)cccc2[nH]1. The number of thioether (sulfide) groups is 1. The third-order valence-electron chi connectivity index (χ3n) is 2.59.